The first-order valence-corrected chi connectivity index (χ1v) is 6.14. The molecular formula is C14H17N3O2. The third kappa shape index (κ3) is 3.42. The van der Waals surface area contributed by atoms with E-state index in [0.29, 0.717) is 5.69 Å². The second kappa shape index (κ2) is 5.67. The SMILES string of the molecule is CC(C(=O)Nc1ccc(CC(N)=O)cc1)=C1CNC1. The highest BCUT2D eigenvalue weighted by atomic mass is 16.2. The van der Waals surface area contributed by atoms with Crippen LogP contribution in [0.2, 0.25) is 0 Å². The predicted octanol–water partition coefficient (Wildman–Crippen LogP) is 0.573. The Balaban J connectivity index is 1.99. The van der Waals surface area contributed by atoms with E-state index in [1.807, 2.05) is 6.92 Å². The summed E-state index contributed by atoms with van der Waals surface area (Å²) in [6.07, 6.45) is 0.211. The molecule has 0 bridgehead atoms. The summed E-state index contributed by atoms with van der Waals surface area (Å²) in [5.41, 5.74) is 8.57. The Morgan fingerprint density at radius 2 is 1.89 bits per heavy atom. The molecule has 0 aromatic heterocycles. The zero-order valence-electron chi connectivity index (χ0n) is 10.8. The van der Waals surface area contributed by atoms with Gasteiger partial charge >= 0.3 is 0 Å². The standard InChI is InChI=1S/C14H17N3O2/c1-9(11-7-16-8-11)14(19)17-12-4-2-10(3-5-12)6-13(15)18/h2-5,16H,6-8H2,1H3,(H2,15,18)(H,17,19). The topological polar surface area (TPSA) is 84.2 Å². The van der Waals surface area contributed by atoms with Gasteiger partial charge in [-0.2, -0.15) is 0 Å². The number of hydrogen-bond donors (Lipinski definition) is 3. The van der Waals surface area contributed by atoms with E-state index in [9.17, 15) is 9.59 Å². The highest BCUT2D eigenvalue weighted by molar-refractivity contribution is 6.04. The van der Waals surface area contributed by atoms with Crippen molar-refractivity contribution in [3.63, 3.8) is 0 Å². The number of amides is 2. The molecule has 1 heterocycles. The van der Waals surface area contributed by atoms with E-state index in [2.05, 4.69) is 10.6 Å². The van der Waals surface area contributed by atoms with E-state index >= 15 is 0 Å². The molecule has 1 aromatic carbocycles. The summed E-state index contributed by atoms with van der Waals surface area (Å²) in [7, 11) is 0. The van der Waals surface area contributed by atoms with E-state index in [1.54, 1.807) is 24.3 Å². The van der Waals surface area contributed by atoms with Crippen molar-refractivity contribution >= 4 is 17.5 Å². The van der Waals surface area contributed by atoms with Crippen LogP contribution < -0.4 is 16.4 Å². The number of hydrogen-bond acceptors (Lipinski definition) is 3. The van der Waals surface area contributed by atoms with Gasteiger partial charge in [-0.25, -0.2) is 0 Å². The number of rotatable bonds is 4. The van der Waals surface area contributed by atoms with Crippen molar-refractivity contribution in [2.75, 3.05) is 18.4 Å². The van der Waals surface area contributed by atoms with Gasteiger partial charge in [0.2, 0.25) is 5.91 Å². The minimum Gasteiger partial charge on any atom is -0.369 e. The zero-order valence-corrected chi connectivity index (χ0v) is 10.8. The van der Waals surface area contributed by atoms with Crippen LogP contribution in [0, 0.1) is 0 Å². The minimum atomic E-state index is -0.366. The van der Waals surface area contributed by atoms with Crippen LogP contribution in [0.15, 0.2) is 35.4 Å². The van der Waals surface area contributed by atoms with Crippen LogP contribution >= 0.6 is 0 Å². The smallest absolute Gasteiger partial charge is 0.251 e. The first-order valence-electron chi connectivity index (χ1n) is 6.14. The second-order valence-electron chi connectivity index (χ2n) is 4.63. The third-order valence-electron chi connectivity index (χ3n) is 3.14. The van der Waals surface area contributed by atoms with Gasteiger partial charge in [-0.3, -0.25) is 9.59 Å². The highest BCUT2D eigenvalue weighted by Crippen LogP contribution is 2.14. The summed E-state index contributed by atoms with van der Waals surface area (Å²) in [4.78, 5) is 22.7. The molecule has 2 amide bonds. The fourth-order valence-electron chi connectivity index (χ4n) is 1.81. The van der Waals surface area contributed by atoms with Crippen LogP contribution in [0.1, 0.15) is 12.5 Å². The van der Waals surface area contributed by atoms with E-state index in [-0.39, 0.29) is 18.2 Å². The maximum absolute atomic E-state index is 11.9. The molecule has 5 nitrogen and oxygen atoms in total. The zero-order chi connectivity index (χ0) is 13.8. The van der Waals surface area contributed by atoms with Crippen LogP contribution in [-0.4, -0.2) is 24.9 Å². The number of benzene rings is 1. The van der Waals surface area contributed by atoms with E-state index in [0.717, 1.165) is 29.8 Å². The lowest BCUT2D eigenvalue weighted by atomic mass is 10.0. The van der Waals surface area contributed by atoms with Crippen molar-refractivity contribution < 1.29 is 9.59 Å². The van der Waals surface area contributed by atoms with Crippen molar-refractivity contribution in [2.45, 2.75) is 13.3 Å². The molecule has 0 aliphatic carbocycles. The molecule has 1 aromatic rings. The molecule has 19 heavy (non-hydrogen) atoms. The maximum atomic E-state index is 11.9. The summed E-state index contributed by atoms with van der Waals surface area (Å²) in [6, 6.07) is 7.11. The van der Waals surface area contributed by atoms with Crippen LogP contribution in [0.5, 0.6) is 0 Å². The van der Waals surface area contributed by atoms with E-state index < -0.39 is 0 Å². The first kappa shape index (κ1) is 13.3. The normalized spacial score (nSPS) is 13.6. The van der Waals surface area contributed by atoms with Crippen LogP contribution in [-0.2, 0) is 16.0 Å². The summed E-state index contributed by atoms with van der Waals surface area (Å²) in [5, 5.41) is 5.94. The number of nitrogens with two attached hydrogens (primary N) is 1. The van der Waals surface area contributed by atoms with Gasteiger partial charge < -0.3 is 16.4 Å². The molecule has 0 saturated carbocycles. The van der Waals surface area contributed by atoms with Gasteiger partial charge in [0.05, 0.1) is 6.42 Å². The Labute approximate surface area is 111 Å². The molecule has 1 aliphatic rings. The average Bonchev–Trinajstić information content (AvgIpc) is 2.28. The molecule has 0 unspecified atom stereocenters. The van der Waals surface area contributed by atoms with Gasteiger partial charge in [-0.1, -0.05) is 12.1 Å². The summed E-state index contributed by atoms with van der Waals surface area (Å²) in [6.45, 7) is 3.40. The Kier molecular flexibility index (Phi) is 3.97. The molecule has 0 radical (unpaired) electrons. The summed E-state index contributed by atoms with van der Waals surface area (Å²) >= 11 is 0. The highest BCUT2D eigenvalue weighted by Gasteiger charge is 2.15. The predicted molar refractivity (Wildman–Crippen MR) is 73.5 cm³/mol. The summed E-state index contributed by atoms with van der Waals surface area (Å²) in [5.74, 6) is -0.450. The Morgan fingerprint density at radius 1 is 1.26 bits per heavy atom. The average molecular weight is 259 g/mol. The molecule has 0 spiro atoms. The third-order valence-corrected chi connectivity index (χ3v) is 3.14. The Hall–Kier alpha value is -2.14. The van der Waals surface area contributed by atoms with Crippen molar-refractivity contribution in [1.82, 2.24) is 5.32 Å². The van der Waals surface area contributed by atoms with E-state index in [1.165, 1.54) is 0 Å². The fraction of sp³-hybridized carbons (Fsp3) is 0.286. The molecule has 1 aliphatic heterocycles. The van der Waals surface area contributed by atoms with Gasteiger partial charge in [0, 0.05) is 24.4 Å². The lowest BCUT2D eigenvalue weighted by Crippen LogP contribution is -2.36. The van der Waals surface area contributed by atoms with Gasteiger partial charge in [0.1, 0.15) is 0 Å². The molecule has 2 rings (SSSR count). The Morgan fingerprint density at radius 3 is 2.37 bits per heavy atom. The van der Waals surface area contributed by atoms with Crippen molar-refractivity contribution in [2.24, 2.45) is 5.73 Å². The lowest BCUT2D eigenvalue weighted by Gasteiger charge is -2.21. The largest absolute Gasteiger partial charge is 0.369 e. The van der Waals surface area contributed by atoms with Gasteiger partial charge in [0.15, 0.2) is 0 Å². The number of carbonyl (C=O) groups excluding carboxylic acids is 2. The van der Waals surface area contributed by atoms with Crippen LogP contribution in [0.25, 0.3) is 0 Å². The molecule has 1 fully saturated rings. The molecule has 1 saturated heterocycles. The number of nitrogens with one attached hydrogen (secondary N) is 2. The van der Waals surface area contributed by atoms with Crippen molar-refractivity contribution in [3.8, 4) is 0 Å². The molecule has 4 N–H and O–H groups in total. The first-order chi connectivity index (χ1) is 9.06. The van der Waals surface area contributed by atoms with Crippen LogP contribution in [0.4, 0.5) is 5.69 Å². The fourth-order valence-corrected chi connectivity index (χ4v) is 1.81. The van der Waals surface area contributed by atoms with Gasteiger partial charge in [0.25, 0.3) is 5.91 Å². The van der Waals surface area contributed by atoms with Gasteiger partial charge in [-0.05, 0) is 30.2 Å². The van der Waals surface area contributed by atoms with Crippen LogP contribution in [0.3, 0.4) is 0 Å². The second-order valence-corrected chi connectivity index (χ2v) is 4.63. The van der Waals surface area contributed by atoms with Crippen molar-refractivity contribution in [3.05, 3.63) is 41.0 Å². The number of primary amides is 1. The van der Waals surface area contributed by atoms with Gasteiger partial charge in [-0.15, -0.1) is 0 Å². The minimum absolute atomic E-state index is 0.0841. The monoisotopic (exact) mass is 259 g/mol. The molecule has 5 heteroatoms. The molecule has 100 valence electrons. The quantitative estimate of drug-likeness (QED) is 0.691. The number of carbonyl (C=O) groups is 2. The van der Waals surface area contributed by atoms with E-state index in [4.69, 9.17) is 5.73 Å². The number of anilines is 1. The maximum Gasteiger partial charge on any atom is 0.251 e. The Bertz CT molecular complexity index is 526. The lowest BCUT2D eigenvalue weighted by molar-refractivity contribution is -0.117. The summed E-state index contributed by atoms with van der Waals surface area (Å²) < 4.78 is 0. The molecular weight excluding hydrogens is 242 g/mol. The molecule has 0 atom stereocenters. The van der Waals surface area contributed by atoms with Crippen molar-refractivity contribution in [1.29, 1.82) is 0 Å².